The van der Waals surface area contributed by atoms with Crippen molar-refractivity contribution in [3.63, 3.8) is 0 Å². The van der Waals surface area contributed by atoms with Crippen molar-refractivity contribution in [3.8, 4) is 5.75 Å². The summed E-state index contributed by atoms with van der Waals surface area (Å²) in [5.74, 6) is -0.373. The van der Waals surface area contributed by atoms with Crippen molar-refractivity contribution in [2.45, 2.75) is 19.1 Å². The Morgan fingerprint density at radius 3 is 2.64 bits per heavy atom. The molecule has 1 aromatic rings. The van der Waals surface area contributed by atoms with Gasteiger partial charge in [-0.1, -0.05) is 12.1 Å². The standard InChI is InChI=1S/C10H14FNO2/c1-6(13)9(12)7-4-3-5-8(11)10(7)14-2/h3-6,9,13H,12H2,1-2H3/t6-,9-/m1/s1. The van der Waals surface area contributed by atoms with Gasteiger partial charge in [-0.3, -0.25) is 0 Å². The van der Waals surface area contributed by atoms with Crippen LogP contribution in [0.1, 0.15) is 18.5 Å². The zero-order valence-electron chi connectivity index (χ0n) is 8.20. The van der Waals surface area contributed by atoms with Gasteiger partial charge in [-0.25, -0.2) is 4.39 Å². The number of hydrogen-bond acceptors (Lipinski definition) is 3. The first kappa shape index (κ1) is 10.9. The number of aliphatic hydroxyl groups is 1. The molecule has 0 aromatic heterocycles. The molecule has 2 atom stereocenters. The number of para-hydroxylation sites is 1. The van der Waals surface area contributed by atoms with Crippen LogP contribution in [0.4, 0.5) is 4.39 Å². The number of halogens is 1. The van der Waals surface area contributed by atoms with E-state index in [1.165, 1.54) is 19.2 Å². The Hall–Kier alpha value is -1.13. The normalized spacial score (nSPS) is 14.9. The van der Waals surface area contributed by atoms with Gasteiger partial charge in [0, 0.05) is 5.56 Å². The number of hydrogen-bond donors (Lipinski definition) is 2. The van der Waals surface area contributed by atoms with Crippen LogP contribution >= 0.6 is 0 Å². The van der Waals surface area contributed by atoms with Crippen molar-refractivity contribution in [3.05, 3.63) is 29.6 Å². The molecule has 0 aliphatic rings. The maximum Gasteiger partial charge on any atom is 0.165 e. The Bertz CT molecular complexity index is 315. The minimum absolute atomic E-state index is 0.0981. The Morgan fingerprint density at radius 1 is 1.50 bits per heavy atom. The zero-order valence-corrected chi connectivity index (χ0v) is 8.20. The van der Waals surface area contributed by atoms with Crippen LogP contribution in [0.2, 0.25) is 0 Å². The molecule has 0 saturated carbocycles. The molecule has 0 aliphatic heterocycles. The average Bonchev–Trinajstić information content (AvgIpc) is 2.16. The van der Waals surface area contributed by atoms with Gasteiger partial charge in [0.2, 0.25) is 0 Å². The van der Waals surface area contributed by atoms with Gasteiger partial charge in [0.25, 0.3) is 0 Å². The van der Waals surface area contributed by atoms with Gasteiger partial charge < -0.3 is 15.6 Å². The van der Waals surface area contributed by atoms with E-state index in [1.54, 1.807) is 13.0 Å². The van der Waals surface area contributed by atoms with Crippen molar-refractivity contribution in [1.82, 2.24) is 0 Å². The highest BCUT2D eigenvalue weighted by Gasteiger charge is 2.18. The van der Waals surface area contributed by atoms with Crippen molar-refractivity contribution in [2.75, 3.05) is 7.11 Å². The Kier molecular flexibility index (Phi) is 3.43. The van der Waals surface area contributed by atoms with Gasteiger partial charge in [-0.15, -0.1) is 0 Å². The highest BCUT2D eigenvalue weighted by atomic mass is 19.1. The van der Waals surface area contributed by atoms with Crippen molar-refractivity contribution in [2.24, 2.45) is 5.73 Å². The van der Waals surface area contributed by atoms with Gasteiger partial charge >= 0.3 is 0 Å². The molecule has 3 N–H and O–H groups in total. The fourth-order valence-corrected chi connectivity index (χ4v) is 1.26. The smallest absolute Gasteiger partial charge is 0.165 e. The summed E-state index contributed by atoms with van der Waals surface area (Å²) < 4.78 is 18.1. The van der Waals surface area contributed by atoms with Crippen molar-refractivity contribution >= 4 is 0 Å². The van der Waals surface area contributed by atoms with Gasteiger partial charge in [-0.05, 0) is 13.0 Å². The monoisotopic (exact) mass is 199 g/mol. The van der Waals surface area contributed by atoms with Crippen LogP contribution in [0.5, 0.6) is 5.75 Å². The molecule has 1 rings (SSSR count). The first-order chi connectivity index (χ1) is 6.57. The lowest BCUT2D eigenvalue weighted by molar-refractivity contribution is 0.162. The van der Waals surface area contributed by atoms with Gasteiger partial charge in [0.1, 0.15) is 0 Å². The molecule has 0 spiro atoms. The molecule has 4 heteroatoms. The molecular weight excluding hydrogens is 185 g/mol. The second-order valence-corrected chi connectivity index (χ2v) is 3.13. The number of nitrogens with two attached hydrogens (primary N) is 1. The molecule has 0 heterocycles. The number of aliphatic hydroxyl groups excluding tert-OH is 1. The van der Waals surface area contributed by atoms with Crippen molar-refractivity contribution < 1.29 is 14.2 Å². The van der Waals surface area contributed by atoms with Crippen LogP contribution in [-0.2, 0) is 0 Å². The van der Waals surface area contributed by atoms with E-state index in [0.717, 1.165) is 0 Å². The lowest BCUT2D eigenvalue weighted by atomic mass is 10.0. The summed E-state index contributed by atoms with van der Waals surface area (Å²) >= 11 is 0. The number of ether oxygens (including phenoxy) is 1. The van der Waals surface area contributed by atoms with E-state index in [2.05, 4.69) is 0 Å². The molecule has 0 saturated heterocycles. The maximum absolute atomic E-state index is 13.2. The molecule has 0 amide bonds. The molecule has 3 nitrogen and oxygen atoms in total. The average molecular weight is 199 g/mol. The summed E-state index contributed by atoms with van der Waals surface area (Å²) in [6.45, 7) is 1.55. The third kappa shape index (κ3) is 2.02. The largest absolute Gasteiger partial charge is 0.493 e. The maximum atomic E-state index is 13.2. The minimum atomic E-state index is -0.745. The predicted molar refractivity (Wildman–Crippen MR) is 51.6 cm³/mol. The van der Waals surface area contributed by atoms with Crippen LogP contribution in [0.3, 0.4) is 0 Å². The Morgan fingerprint density at radius 2 is 2.14 bits per heavy atom. The molecule has 0 bridgehead atoms. The van der Waals surface area contributed by atoms with Crippen molar-refractivity contribution in [1.29, 1.82) is 0 Å². The van der Waals surface area contributed by atoms with Crippen LogP contribution in [0, 0.1) is 5.82 Å². The molecule has 1 aromatic carbocycles. The van der Waals surface area contributed by atoms with Gasteiger partial charge in [0.15, 0.2) is 11.6 Å². The molecule has 0 radical (unpaired) electrons. The summed E-state index contributed by atoms with van der Waals surface area (Å²) in [6, 6.07) is 3.83. The predicted octanol–water partition coefficient (Wildman–Crippen LogP) is 1.21. The van der Waals surface area contributed by atoms with E-state index in [-0.39, 0.29) is 5.75 Å². The second-order valence-electron chi connectivity index (χ2n) is 3.13. The van der Waals surface area contributed by atoms with E-state index >= 15 is 0 Å². The van der Waals surface area contributed by atoms with E-state index in [0.29, 0.717) is 5.56 Å². The molecule has 0 aliphatic carbocycles. The minimum Gasteiger partial charge on any atom is -0.493 e. The summed E-state index contributed by atoms with van der Waals surface area (Å²) in [7, 11) is 1.37. The number of benzene rings is 1. The zero-order chi connectivity index (χ0) is 10.7. The lowest BCUT2D eigenvalue weighted by Crippen LogP contribution is -2.23. The number of methoxy groups -OCH3 is 1. The fourth-order valence-electron chi connectivity index (χ4n) is 1.26. The van der Waals surface area contributed by atoms with Gasteiger partial charge in [-0.2, -0.15) is 0 Å². The van der Waals surface area contributed by atoms with Crippen LogP contribution < -0.4 is 10.5 Å². The fraction of sp³-hybridized carbons (Fsp3) is 0.400. The van der Waals surface area contributed by atoms with E-state index in [4.69, 9.17) is 10.5 Å². The van der Waals surface area contributed by atoms with E-state index in [1.807, 2.05) is 0 Å². The highest BCUT2D eigenvalue weighted by Crippen LogP contribution is 2.28. The summed E-state index contributed by atoms with van der Waals surface area (Å²) in [4.78, 5) is 0. The molecule has 14 heavy (non-hydrogen) atoms. The number of rotatable bonds is 3. The van der Waals surface area contributed by atoms with Crippen LogP contribution in [-0.4, -0.2) is 18.3 Å². The summed E-state index contributed by atoms with van der Waals surface area (Å²) in [6.07, 6.45) is -0.745. The van der Waals surface area contributed by atoms with E-state index < -0.39 is 18.0 Å². The van der Waals surface area contributed by atoms with Crippen LogP contribution in [0.25, 0.3) is 0 Å². The second kappa shape index (κ2) is 4.39. The quantitative estimate of drug-likeness (QED) is 0.769. The summed E-state index contributed by atoms with van der Waals surface area (Å²) in [5, 5.41) is 9.28. The third-order valence-corrected chi connectivity index (χ3v) is 2.08. The topological polar surface area (TPSA) is 55.5 Å². The third-order valence-electron chi connectivity index (χ3n) is 2.08. The van der Waals surface area contributed by atoms with Gasteiger partial charge in [0.05, 0.1) is 19.3 Å². The molecule has 0 unspecified atom stereocenters. The Balaban J connectivity index is 3.13. The first-order valence-electron chi connectivity index (χ1n) is 4.34. The summed E-state index contributed by atoms with van der Waals surface area (Å²) in [5.41, 5.74) is 6.16. The molecular formula is C10H14FNO2. The lowest BCUT2D eigenvalue weighted by Gasteiger charge is -2.18. The molecule has 78 valence electrons. The Labute approximate surface area is 82.3 Å². The highest BCUT2D eigenvalue weighted by molar-refractivity contribution is 5.37. The SMILES string of the molecule is COc1c(F)cccc1[C@H](N)[C@@H](C)O. The first-order valence-corrected chi connectivity index (χ1v) is 4.34. The molecule has 0 fully saturated rings. The van der Waals surface area contributed by atoms with Crippen LogP contribution in [0.15, 0.2) is 18.2 Å². The van der Waals surface area contributed by atoms with E-state index in [9.17, 15) is 9.50 Å².